The Morgan fingerprint density at radius 2 is 2.22 bits per heavy atom. The number of benzene rings is 1. The molecule has 0 spiro atoms. The van der Waals surface area contributed by atoms with Gasteiger partial charge in [0, 0.05) is 38.2 Å². The van der Waals surface area contributed by atoms with Crippen LogP contribution in [0.15, 0.2) is 29.3 Å². The highest BCUT2D eigenvalue weighted by Crippen LogP contribution is 2.14. The Kier molecular flexibility index (Phi) is 9.90. The third kappa shape index (κ3) is 7.72. The molecular weight excluding hydrogens is 423 g/mol. The molecule has 0 amide bonds. The van der Waals surface area contributed by atoms with E-state index < -0.39 is 0 Å². The average molecular weight is 451 g/mol. The van der Waals surface area contributed by atoms with Gasteiger partial charge in [0.1, 0.15) is 0 Å². The SMILES string of the molecule is CN=C(NCCN1CCCC(C)C1)NCc1cccc(Cl)c1.I. The van der Waals surface area contributed by atoms with E-state index in [0.29, 0.717) is 0 Å². The Bertz CT molecular complexity index is 495. The highest BCUT2D eigenvalue weighted by molar-refractivity contribution is 14.0. The van der Waals surface area contributed by atoms with Crippen molar-refractivity contribution in [1.82, 2.24) is 15.5 Å². The number of hydrogen-bond donors (Lipinski definition) is 2. The summed E-state index contributed by atoms with van der Waals surface area (Å²) in [7, 11) is 1.80. The molecule has 130 valence electrons. The van der Waals surface area contributed by atoms with Gasteiger partial charge in [0.15, 0.2) is 5.96 Å². The molecule has 1 atom stereocenters. The maximum absolute atomic E-state index is 6.00. The molecule has 6 heteroatoms. The highest BCUT2D eigenvalue weighted by atomic mass is 127. The van der Waals surface area contributed by atoms with Gasteiger partial charge in [-0.1, -0.05) is 30.7 Å². The first-order valence-corrected chi connectivity index (χ1v) is 8.46. The van der Waals surface area contributed by atoms with Gasteiger partial charge in [-0.2, -0.15) is 0 Å². The van der Waals surface area contributed by atoms with E-state index >= 15 is 0 Å². The van der Waals surface area contributed by atoms with E-state index in [1.807, 2.05) is 18.2 Å². The van der Waals surface area contributed by atoms with Gasteiger partial charge in [0.2, 0.25) is 0 Å². The lowest BCUT2D eigenvalue weighted by molar-refractivity contribution is 0.187. The van der Waals surface area contributed by atoms with Crippen LogP contribution in [0.1, 0.15) is 25.3 Å². The molecule has 1 aromatic rings. The van der Waals surface area contributed by atoms with Crippen molar-refractivity contribution >= 4 is 41.5 Å². The number of likely N-dealkylation sites (tertiary alicyclic amines) is 1. The van der Waals surface area contributed by atoms with Crippen LogP contribution in [0, 0.1) is 5.92 Å². The zero-order valence-corrected chi connectivity index (χ0v) is 17.1. The summed E-state index contributed by atoms with van der Waals surface area (Å²) < 4.78 is 0. The topological polar surface area (TPSA) is 39.7 Å². The van der Waals surface area contributed by atoms with Gasteiger partial charge >= 0.3 is 0 Å². The quantitative estimate of drug-likeness (QED) is 0.410. The maximum atomic E-state index is 6.00. The molecule has 1 saturated heterocycles. The van der Waals surface area contributed by atoms with Crippen molar-refractivity contribution in [2.75, 3.05) is 33.2 Å². The predicted octanol–water partition coefficient (Wildman–Crippen LogP) is 3.35. The number of guanidine groups is 1. The summed E-state index contributed by atoms with van der Waals surface area (Å²) in [6, 6.07) is 7.88. The van der Waals surface area contributed by atoms with Crippen molar-refractivity contribution in [3.8, 4) is 0 Å². The zero-order valence-electron chi connectivity index (χ0n) is 14.0. The Morgan fingerprint density at radius 1 is 1.39 bits per heavy atom. The molecule has 1 aromatic carbocycles. The first-order valence-electron chi connectivity index (χ1n) is 8.08. The Morgan fingerprint density at radius 3 is 2.91 bits per heavy atom. The Labute approximate surface area is 162 Å². The summed E-state index contributed by atoms with van der Waals surface area (Å²) in [6.07, 6.45) is 2.69. The van der Waals surface area contributed by atoms with E-state index in [0.717, 1.165) is 42.1 Å². The monoisotopic (exact) mass is 450 g/mol. The van der Waals surface area contributed by atoms with E-state index in [9.17, 15) is 0 Å². The van der Waals surface area contributed by atoms with Crippen LogP contribution in [0.2, 0.25) is 5.02 Å². The summed E-state index contributed by atoms with van der Waals surface area (Å²) in [4.78, 5) is 6.80. The average Bonchev–Trinajstić information content (AvgIpc) is 2.51. The smallest absolute Gasteiger partial charge is 0.191 e. The van der Waals surface area contributed by atoms with Crippen molar-refractivity contribution in [2.45, 2.75) is 26.3 Å². The summed E-state index contributed by atoms with van der Waals surface area (Å²) in [5.74, 6) is 1.67. The first-order chi connectivity index (χ1) is 10.7. The van der Waals surface area contributed by atoms with Crippen molar-refractivity contribution in [2.24, 2.45) is 10.9 Å². The molecule has 0 bridgehead atoms. The molecule has 1 heterocycles. The number of nitrogens with zero attached hydrogens (tertiary/aromatic N) is 2. The second-order valence-corrected chi connectivity index (χ2v) is 6.47. The van der Waals surface area contributed by atoms with Gasteiger partial charge in [0.25, 0.3) is 0 Å². The molecule has 4 nitrogen and oxygen atoms in total. The summed E-state index contributed by atoms with van der Waals surface area (Å²) in [6.45, 7) is 7.49. The van der Waals surface area contributed by atoms with Crippen LogP contribution in [0.4, 0.5) is 0 Å². The largest absolute Gasteiger partial charge is 0.355 e. The van der Waals surface area contributed by atoms with Gasteiger partial charge < -0.3 is 15.5 Å². The van der Waals surface area contributed by atoms with Gasteiger partial charge in [0.05, 0.1) is 0 Å². The molecule has 1 aliphatic heterocycles. The summed E-state index contributed by atoms with van der Waals surface area (Å²) in [5.41, 5.74) is 1.15. The minimum atomic E-state index is 0. The minimum absolute atomic E-state index is 0. The van der Waals surface area contributed by atoms with Crippen molar-refractivity contribution in [3.05, 3.63) is 34.9 Å². The van der Waals surface area contributed by atoms with Crippen LogP contribution in [0.5, 0.6) is 0 Å². The van der Waals surface area contributed by atoms with Gasteiger partial charge in [-0.25, -0.2) is 0 Å². The molecular formula is C17H28ClIN4. The maximum Gasteiger partial charge on any atom is 0.191 e. The second-order valence-electron chi connectivity index (χ2n) is 6.03. The zero-order chi connectivity index (χ0) is 15.8. The van der Waals surface area contributed by atoms with Crippen LogP contribution >= 0.6 is 35.6 Å². The van der Waals surface area contributed by atoms with E-state index in [1.54, 1.807) is 7.05 Å². The van der Waals surface area contributed by atoms with E-state index in [2.05, 4.69) is 33.5 Å². The predicted molar refractivity (Wildman–Crippen MR) is 110 cm³/mol. The third-order valence-electron chi connectivity index (χ3n) is 4.03. The van der Waals surface area contributed by atoms with Crippen molar-refractivity contribution in [1.29, 1.82) is 0 Å². The number of nitrogens with one attached hydrogen (secondary N) is 2. The number of halogens is 2. The van der Waals surface area contributed by atoms with Crippen LogP contribution in [0.3, 0.4) is 0 Å². The van der Waals surface area contributed by atoms with E-state index in [1.165, 1.54) is 25.9 Å². The lowest BCUT2D eigenvalue weighted by Gasteiger charge is -2.30. The lowest BCUT2D eigenvalue weighted by Crippen LogP contribution is -2.43. The fourth-order valence-corrected chi connectivity index (χ4v) is 3.09. The molecule has 2 N–H and O–H groups in total. The fourth-order valence-electron chi connectivity index (χ4n) is 2.88. The Hall–Kier alpha value is -0.530. The standard InChI is InChI=1S/C17H27ClN4.HI/c1-14-5-4-9-22(13-14)10-8-20-17(19-2)21-12-15-6-3-7-16(18)11-15;/h3,6-7,11,14H,4-5,8-10,12-13H2,1-2H3,(H2,19,20,21);1H. The normalized spacial score (nSPS) is 19.1. The first kappa shape index (κ1) is 20.5. The Balaban J connectivity index is 0.00000264. The molecule has 23 heavy (non-hydrogen) atoms. The van der Waals surface area contributed by atoms with E-state index in [-0.39, 0.29) is 24.0 Å². The molecule has 0 aliphatic carbocycles. The highest BCUT2D eigenvalue weighted by Gasteiger charge is 2.15. The molecule has 1 fully saturated rings. The molecule has 2 rings (SSSR count). The number of aliphatic imine (C=N–C) groups is 1. The van der Waals surface area contributed by atoms with Crippen molar-refractivity contribution in [3.63, 3.8) is 0 Å². The molecule has 0 radical (unpaired) electrons. The third-order valence-corrected chi connectivity index (χ3v) is 4.27. The minimum Gasteiger partial charge on any atom is -0.355 e. The summed E-state index contributed by atoms with van der Waals surface area (Å²) >= 11 is 6.00. The van der Waals surface area contributed by atoms with Crippen LogP contribution in [0.25, 0.3) is 0 Å². The lowest BCUT2D eigenvalue weighted by atomic mass is 10.0. The van der Waals surface area contributed by atoms with Crippen LogP contribution < -0.4 is 10.6 Å². The summed E-state index contributed by atoms with van der Waals surface area (Å²) in [5, 5.41) is 7.47. The molecule has 0 aromatic heterocycles. The van der Waals surface area contributed by atoms with E-state index in [4.69, 9.17) is 11.6 Å². The molecule has 1 unspecified atom stereocenters. The number of rotatable bonds is 5. The fraction of sp³-hybridized carbons (Fsp3) is 0.588. The molecule has 0 saturated carbocycles. The van der Waals surface area contributed by atoms with Gasteiger partial charge in [-0.3, -0.25) is 4.99 Å². The van der Waals surface area contributed by atoms with Crippen molar-refractivity contribution < 1.29 is 0 Å². The van der Waals surface area contributed by atoms with Gasteiger partial charge in [-0.05, 0) is 43.0 Å². The van der Waals surface area contributed by atoms with Gasteiger partial charge in [-0.15, -0.1) is 24.0 Å². The number of piperidine rings is 1. The molecule has 1 aliphatic rings. The second kappa shape index (κ2) is 11.1. The number of hydrogen-bond acceptors (Lipinski definition) is 2. The van der Waals surface area contributed by atoms with Crippen LogP contribution in [-0.4, -0.2) is 44.1 Å². The van der Waals surface area contributed by atoms with Crippen LogP contribution in [-0.2, 0) is 6.54 Å².